The van der Waals surface area contributed by atoms with Crippen molar-refractivity contribution in [1.29, 1.82) is 0 Å². The largest absolute Gasteiger partial charge is 0.481 e. The predicted octanol–water partition coefficient (Wildman–Crippen LogP) is 5.04. The summed E-state index contributed by atoms with van der Waals surface area (Å²) < 4.78 is 12.3. The van der Waals surface area contributed by atoms with Gasteiger partial charge in [0.1, 0.15) is 5.60 Å². The fourth-order valence-corrected chi connectivity index (χ4v) is 3.00. The zero-order valence-corrected chi connectivity index (χ0v) is 16.8. The molecule has 2 heterocycles. The molecule has 152 valence electrons. The molecule has 0 spiro atoms. The molecule has 1 aromatic carbocycles. The van der Waals surface area contributed by atoms with E-state index in [-0.39, 0.29) is 24.4 Å². The number of fused-ring (bicyclic) bond motifs is 1. The second kappa shape index (κ2) is 7.58. The number of aryl methyl sites for hydroxylation is 1. The van der Waals surface area contributed by atoms with Crippen LogP contribution in [-0.4, -0.2) is 33.1 Å². The van der Waals surface area contributed by atoms with Gasteiger partial charge in [-0.05, 0) is 45.4 Å². The second-order valence-corrected chi connectivity index (χ2v) is 7.93. The van der Waals surface area contributed by atoms with Gasteiger partial charge in [0, 0.05) is 29.1 Å². The summed E-state index contributed by atoms with van der Waals surface area (Å²) in [5.41, 5.74) is 2.38. The number of hydrogen-bond donors (Lipinski definition) is 1. The average Bonchev–Trinajstić information content (AvgIpc) is 3.22. The van der Waals surface area contributed by atoms with Crippen molar-refractivity contribution in [3.05, 3.63) is 48.0 Å². The van der Waals surface area contributed by atoms with Gasteiger partial charge in [-0.15, -0.1) is 0 Å². The quantitative estimate of drug-likeness (QED) is 0.606. The molecule has 0 radical (unpaired) electrons. The Hall–Kier alpha value is -3.35. The summed E-state index contributed by atoms with van der Waals surface area (Å²) in [6.07, 6.45) is 2.20. The van der Waals surface area contributed by atoms with Crippen molar-refractivity contribution in [2.45, 2.75) is 46.1 Å². The molecule has 0 aliphatic rings. The van der Waals surface area contributed by atoms with E-state index < -0.39 is 17.7 Å². The maximum absolute atomic E-state index is 12.7. The molecule has 3 aromatic rings. The van der Waals surface area contributed by atoms with Crippen LogP contribution in [0.3, 0.4) is 0 Å². The van der Waals surface area contributed by atoms with Crippen LogP contribution in [0.5, 0.6) is 0 Å². The number of rotatable bonds is 5. The summed E-state index contributed by atoms with van der Waals surface area (Å²) in [4.78, 5) is 35.5. The first-order valence-corrected chi connectivity index (χ1v) is 9.24. The number of ketones is 1. The molecule has 7 heteroatoms. The number of benzene rings is 1. The van der Waals surface area contributed by atoms with E-state index >= 15 is 0 Å². The molecule has 0 unspecified atom stereocenters. The number of carbonyl (C=O) groups excluding carboxylic acids is 2. The molecule has 7 nitrogen and oxygen atoms in total. The van der Waals surface area contributed by atoms with Crippen LogP contribution in [-0.2, 0) is 9.53 Å². The molecule has 2 aromatic heterocycles. The van der Waals surface area contributed by atoms with Crippen LogP contribution in [0.2, 0.25) is 0 Å². The molecule has 0 saturated carbocycles. The number of carboxylic acid groups (broad SMARTS) is 1. The van der Waals surface area contributed by atoms with Crippen LogP contribution in [0.4, 0.5) is 4.79 Å². The van der Waals surface area contributed by atoms with E-state index in [1.165, 1.54) is 10.8 Å². The molecule has 29 heavy (non-hydrogen) atoms. The van der Waals surface area contributed by atoms with Gasteiger partial charge in [0.25, 0.3) is 0 Å². The maximum Gasteiger partial charge on any atom is 0.419 e. The van der Waals surface area contributed by atoms with E-state index in [1.54, 1.807) is 33.0 Å². The lowest BCUT2D eigenvalue weighted by atomic mass is 10.1. The Kier molecular flexibility index (Phi) is 5.33. The first kappa shape index (κ1) is 20.4. The lowest BCUT2D eigenvalue weighted by molar-refractivity contribution is -0.136. The normalized spacial score (nSPS) is 11.6. The Bertz CT molecular complexity index is 1100. The fourth-order valence-electron chi connectivity index (χ4n) is 3.00. The third-order valence-corrected chi connectivity index (χ3v) is 4.30. The lowest BCUT2D eigenvalue weighted by Crippen LogP contribution is -2.26. The fraction of sp³-hybridized carbons (Fsp3) is 0.318. The lowest BCUT2D eigenvalue weighted by Gasteiger charge is -2.19. The van der Waals surface area contributed by atoms with Crippen LogP contribution in [0, 0.1) is 6.92 Å². The van der Waals surface area contributed by atoms with Gasteiger partial charge >= 0.3 is 12.1 Å². The van der Waals surface area contributed by atoms with Gasteiger partial charge < -0.3 is 14.3 Å². The van der Waals surface area contributed by atoms with Crippen molar-refractivity contribution in [1.82, 2.24) is 4.57 Å². The molecular weight excluding hydrogens is 374 g/mol. The zero-order valence-electron chi connectivity index (χ0n) is 16.8. The standard InChI is InChI=1S/C22H23NO6/c1-13-5-6-15-16(11-23(17(15)9-13)21(27)29-22(2,3)4)14-10-19(28-12-14)18(24)7-8-20(25)26/h5-6,9-12H,7-8H2,1-4H3,(H,25,26). The van der Waals surface area contributed by atoms with E-state index in [0.717, 1.165) is 10.9 Å². The SMILES string of the molecule is Cc1ccc2c(-c3coc(C(=O)CCC(=O)O)c3)cn(C(=O)OC(C)(C)C)c2c1. The Labute approximate surface area is 167 Å². The van der Waals surface area contributed by atoms with E-state index in [2.05, 4.69) is 0 Å². The highest BCUT2D eigenvalue weighted by Crippen LogP contribution is 2.33. The second-order valence-electron chi connectivity index (χ2n) is 7.93. The summed E-state index contributed by atoms with van der Waals surface area (Å²) in [5, 5.41) is 9.55. The number of aliphatic carboxylic acids is 1. The van der Waals surface area contributed by atoms with Gasteiger partial charge in [-0.25, -0.2) is 4.79 Å². The number of ether oxygens (including phenoxy) is 1. The van der Waals surface area contributed by atoms with Gasteiger partial charge in [-0.3, -0.25) is 14.2 Å². The Balaban J connectivity index is 2.01. The summed E-state index contributed by atoms with van der Waals surface area (Å²) in [7, 11) is 0. The topological polar surface area (TPSA) is 98.7 Å². The number of nitrogens with zero attached hydrogens (tertiary/aromatic N) is 1. The van der Waals surface area contributed by atoms with Gasteiger partial charge in [0.2, 0.25) is 0 Å². The molecule has 0 atom stereocenters. The minimum Gasteiger partial charge on any atom is -0.481 e. The minimum atomic E-state index is -1.04. The van der Waals surface area contributed by atoms with Crippen LogP contribution in [0.1, 0.15) is 49.7 Å². The Morgan fingerprint density at radius 1 is 1.14 bits per heavy atom. The molecule has 0 saturated heterocycles. The van der Waals surface area contributed by atoms with Crippen molar-refractivity contribution in [2.75, 3.05) is 0 Å². The Morgan fingerprint density at radius 2 is 1.86 bits per heavy atom. The number of furan rings is 1. The summed E-state index contributed by atoms with van der Waals surface area (Å²) in [5.74, 6) is -1.34. The number of carboxylic acids is 1. The number of Topliss-reactive ketones (excluding diaryl/α,β-unsaturated/α-hetero) is 1. The van der Waals surface area contributed by atoms with Gasteiger partial charge in [-0.2, -0.15) is 0 Å². The molecule has 0 bridgehead atoms. The molecule has 3 rings (SSSR count). The smallest absolute Gasteiger partial charge is 0.419 e. The summed E-state index contributed by atoms with van der Waals surface area (Å²) >= 11 is 0. The van der Waals surface area contributed by atoms with E-state index in [1.807, 2.05) is 25.1 Å². The van der Waals surface area contributed by atoms with E-state index in [9.17, 15) is 14.4 Å². The number of carbonyl (C=O) groups is 3. The Morgan fingerprint density at radius 3 is 2.52 bits per heavy atom. The first-order valence-electron chi connectivity index (χ1n) is 9.24. The molecule has 0 aliphatic heterocycles. The van der Waals surface area contributed by atoms with Crippen LogP contribution < -0.4 is 0 Å². The van der Waals surface area contributed by atoms with Gasteiger partial charge in [0.05, 0.1) is 18.2 Å². The van der Waals surface area contributed by atoms with Gasteiger partial charge in [-0.1, -0.05) is 12.1 Å². The van der Waals surface area contributed by atoms with Crippen LogP contribution >= 0.6 is 0 Å². The molecule has 0 aliphatic carbocycles. The summed E-state index contributed by atoms with van der Waals surface area (Å²) in [6.45, 7) is 7.33. The number of hydrogen-bond acceptors (Lipinski definition) is 5. The molecule has 1 N–H and O–H groups in total. The van der Waals surface area contributed by atoms with E-state index in [4.69, 9.17) is 14.3 Å². The molecule has 0 fully saturated rings. The van der Waals surface area contributed by atoms with Crippen molar-refractivity contribution in [3.8, 4) is 11.1 Å². The highest BCUT2D eigenvalue weighted by molar-refractivity contribution is 6.02. The van der Waals surface area contributed by atoms with Crippen molar-refractivity contribution < 1.29 is 28.6 Å². The monoisotopic (exact) mass is 397 g/mol. The maximum atomic E-state index is 12.7. The molecular formula is C22H23NO6. The van der Waals surface area contributed by atoms with Crippen LogP contribution in [0.25, 0.3) is 22.0 Å². The average molecular weight is 397 g/mol. The molecule has 0 amide bonds. The number of aromatic nitrogens is 1. The van der Waals surface area contributed by atoms with Gasteiger partial charge in [0.15, 0.2) is 11.5 Å². The van der Waals surface area contributed by atoms with Crippen molar-refractivity contribution >= 4 is 28.7 Å². The van der Waals surface area contributed by atoms with Crippen molar-refractivity contribution in [2.24, 2.45) is 0 Å². The van der Waals surface area contributed by atoms with Crippen LogP contribution in [0.15, 0.2) is 41.1 Å². The first-order chi connectivity index (χ1) is 13.5. The third kappa shape index (κ3) is 4.56. The zero-order chi connectivity index (χ0) is 21.3. The van der Waals surface area contributed by atoms with Crippen molar-refractivity contribution in [3.63, 3.8) is 0 Å². The third-order valence-electron chi connectivity index (χ3n) is 4.30. The highest BCUT2D eigenvalue weighted by Gasteiger charge is 2.22. The minimum absolute atomic E-state index is 0.0894. The van der Waals surface area contributed by atoms with E-state index in [0.29, 0.717) is 16.6 Å². The summed E-state index contributed by atoms with van der Waals surface area (Å²) in [6, 6.07) is 7.30. The predicted molar refractivity (Wildman–Crippen MR) is 107 cm³/mol. The highest BCUT2D eigenvalue weighted by atomic mass is 16.6.